The molecule has 0 fully saturated rings. The number of unbranched alkanes of at least 4 members (excludes halogenated alkanes) is 1. The van der Waals surface area contributed by atoms with Gasteiger partial charge in [-0.25, -0.2) is 4.79 Å². The smallest absolute Gasteiger partial charge is 0.330 e. The molecule has 2 heterocycles. The summed E-state index contributed by atoms with van der Waals surface area (Å²) >= 11 is 1.41. The molecule has 0 spiro atoms. The highest BCUT2D eigenvalue weighted by Gasteiger charge is 2.23. The van der Waals surface area contributed by atoms with Gasteiger partial charge in [0.05, 0.1) is 4.88 Å². The van der Waals surface area contributed by atoms with Crippen molar-refractivity contribution in [3.8, 4) is 0 Å². The summed E-state index contributed by atoms with van der Waals surface area (Å²) in [4.78, 5) is 42.2. The number of thiophene rings is 1. The van der Waals surface area contributed by atoms with E-state index < -0.39 is 11.2 Å². The van der Waals surface area contributed by atoms with Gasteiger partial charge in [0.1, 0.15) is 5.82 Å². The molecule has 0 bridgehead atoms. The lowest BCUT2D eigenvalue weighted by Crippen LogP contribution is -2.39. The molecular formula is C17H24N4O3S. The Morgan fingerprint density at radius 3 is 2.60 bits per heavy atom. The number of nitrogens with one attached hydrogen (secondary N) is 1. The van der Waals surface area contributed by atoms with Gasteiger partial charge in [-0.1, -0.05) is 20.3 Å². The van der Waals surface area contributed by atoms with Crippen molar-refractivity contribution in [2.24, 2.45) is 0 Å². The van der Waals surface area contributed by atoms with Gasteiger partial charge in [0.2, 0.25) is 0 Å². The molecule has 0 aliphatic rings. The van der Waals surface area contributed by atoms with Gasteiger partial charge < -0.3 is 10.6 Å². The normalized spacial score (nSPS) is 10.9. The summed E-state index contributed by atoms with van der Waals surface area (Å²) in [5.41, 5.74) is 5.90. The highest BCUT2D eigenvalue weighted by Crippen LogP contribution is 2.25. The zero-order valence-corrected chi connectivity index (χ0v) is 15.8. The second-order valence-corrected chi connectivity index (χ2v) is 7.07. The third-order valence-corrected chi connectivity index (χ3v) is 5.51. The molecule has 0 saturated heterocycles. The number of nitrogens with zero attached hydrogens (tertiary/aromatic N) is 2. The quantitative estimate of drug-likeness (QED) is 0.820. The molecule has 8 heteroatoms. The number of carbonyl (C=O) groups is 1. The molecule has 7 nitrogen and oxygen atoms in total. The van der Waals surface area contributed by atoms with Crippen LogP contribution in [0.3, 0.4) is 0 Å². The van der Waals surface area contributed by atoms with Crippen molar-refractivity contribution in [3.63, 3.8) is 0 Å². The van der Waals surface area contributed by atoms with Crippen LogP contribution in [-0.2, 0) is 13.0 Å². The minimum Gasteiger partial charge on any atom is -0.383 e. The largest absolute Gasteiger partial charge is 0.383 e. The maximum atomic E-state index is 12.8. The molecule has 2 aromatic heterocycles. The van der Waals surface area contributed by atoms with Crippen LogP contribution in [0.2, 0.25) is 0 Å². The topological polar surface area (TPSA) is 101 Å². The summed E-state index contributed by atoms with van der Waals surface area (Å²) in [6, 6.07) is 1.82. The molecule has 2 aromatic rings. The van der Waals surface area contributed by atoms with Crippen LogP contribution in [0.5, 0.6) is 0 Å². The average Bonchev–Trinajstić information content (AvgIpc) is 2.94. The summed E-state index contributed by atoms with van der Waals surface area (Å²) in [5.74, 6) is -0.298. The summed E-state index contributed by atoms with van der Waals surface area (Å²) in [6.07, 6.45) is 2.47. The standard InChI is InChI=1S/C17H24N4O3S/c1-5-7-8-21-14(18)13(15(22)19-17(21)24)20(4)16(23)12-9-10(3)11(6-2)25-12/h9H,5-8,18H2,1-4H3,(H,19,22,24). The van der Waals surface area contributed by atoms with Crippen molar-refractivity contribution in [1.29, 1.82) is 0 Å². The fraction of sp³-hybridized carbons (Fsp3) is 0.471. The van der Waals surface area contributed by atoms with E-state index in [0.717, 1.165) is 29.7 Å². The molecule has 3 N–H and O–H groups in total. The van der Waals surface area contributed by atoms with Crippen LogP contribution in [0.4, 0.5) is 11.5 Å². The highest BCUT2D eigenvalue weighted by molar-refractivity contribution is 7.14. The van der Waals surface area contributed by atoms with Gasteiger partial charge >= 0.3 is 5.69 Å². The van der Waals surface area contributed by atoms with E-state index in [1.54, 1.807) is 0 Å². The summed E-state index contributed by atoms with van der Waals surface area (Å²) < 4.78 is 1.31. The third-order valence-electron chi connectivity index (χ3n) is 4.14. The number of aromatic amines is 1. The fourth-order valence-electron chi connectivity index (χ4n) is 2.68. The van der Waals surface area contributed by atoms with E-state index >= 15 is 0 Å². The number of nitrogen functional groups attached to an aromatic ring is 1. The average molecular weight is 364 g/mol. The minimum absolute atomic E-state index is 0.00445. The van der Waals surface area contributed by atoms with Crippen LogP contribution in [0.25, 0.3) is 0 Å². The fourth-order valence-corrected chi connectivity index (χ4v) is 3.77. The van der Waals surface area contributed by atoms with E-state index in [2.05, 4.69) is 4.98 Å². The second kappa shape index (κ2) is 7.69. The number of hydrogen-bond acceptors (Lipinski definition) is 5. The molecule has 0 aliphatic carbocycles. The summed E-state index contributed by atoms with van der Waals surface area (Å²) in [7, 11) is 1.50. The number of nitrogens with two attached hydrogens (primary N) is 1. The number of rotatable bonds is 6. The van der Waals surface area contributed by atoms with Crippen molar-refractivity contribution in [2.45, 2.75) is 46.6 Å². The minimum atomic E-state index is -0.657. The molecule has 0 aromatic carbocycles. The number of H-pyrrole nitrogens is 1. The van der Waals surface area contributed by atoms with Crippen molar-refractivity contribution in [2.75, 3.05) is 17.7 Å². The van der Waals surface area contributed by atoms with Gasteiger partial charge in [0.15, 0.2) is 5.69 Å². The number of hydrogen-bond donors (Lipinski definition) is 2. The van der Waals surface area contributed by atoms with Crippen molar-refractivity contribution >= 4 is 28.7 Å². The molecule has 136 valence electrons. The maximum Gasteiger partial charge on any atom is 0.330 e. The number of anilines is 2. The molecule has 1 amide bonds. The number of amides is 1. The Labute approximate surface area is 150 Å². The molecule has 0 atom stereocenters. The molecule has 0 unspecified atom stereocenters. The Morgan fingerprint density at radius 1 is 1.36 bits per heavy atom. The Bertz CT molecular complexity index is 894. The monoisotopic (exact) mass is 364 g/mol. The van der Waals surface area contributed by atoms with E-state index in [1.165, 1.54) is 27.9 Å². The Kier molecular flexibility index (Phi) is 5.84. The number of aromatic nitrogens is 2. The first-order chi connectivity index (χ1) is 11.8. The first-order valence-electron chi connectivity index (χ1n) is 8.31. The van der Waals surface area contributed by atoms with Crippen LogP contribution in [-0.4, -0.2) is 22.5 Å². The molecule has 0 aliphatic heterocycles. The van der Waals surface area contributed by atoms with Gasteiger partial charge in [-0.2, -0.15) is 0 Å². The Morgan fingerprint density at radius 2 is 2.04 bits per heavy atom. The molecule has 25 heavy (non-hydrogen) atoms. The zero-order chi connectivity index (χ0) is 18.7. The predicted octanol–water partition coefficient (Wildman–Crippen LogP) is 2.13. The van der Waals surface area contributed by atoms with Gasteiger partial charge in [-0.05, 0) is 31.4 Å². The van der Waals surface area contributed by atoms with E-state index in [4.69, 9.17) is 5.73 Å². The lowest BCUT2D eigenvalue weighted by Gasteiger charge is -2.19. The zero-order valence-electron chi connectivity index (χ0n) is 15.0. The van der Waals surface area contributed by atoms with Crippen molar-refractivity contribution < 1.29 is 4.79 Å². The number of carbonyl (C=O) groups excluding carboxylic acids is 1. The second-order valence-electron chi connectivity index (χ2n) is 5.93. The van der Waals surface area contributed by atoms with Crippen LogP contribution in [0, 0.1) is 6.92 Å². The van der Waals surface area contributed by atoms with Gasteiger partial charge in [0.25, 0.3) is 11.5 Å². The first kappa shape index (κ1) is 19.0. The van der Waals surface area contributed by atoms with Crippen molar-refractivity contribution in [3.05, 3.63) is 42.2 Å². The highest BCUT2D eigenvalue weighted by atomic mass is 32.1. The lowest BCUT2D eigenvalue weighted by atomic mass is 10.2. The van der Waals surface area contributed by atoms with E-state index in [-0.39, 0.29) is 17.4 Å². The first-order valence-corrected chi connectivity index (χ1v) is 9.13. The number of aryl methyl sites for hydroxylation is 2. The van der Waals surface area contributed by atoms with Crippen LogP contribution < -0.4 is 21.9 Å². The predicted molar refractivity (Wildman–Crippen MR) is 102 cm³/mol. The SMILES string of the molecule is CCCCn1c(N)c(N(C)C(=O)c2cc(C)c(CC)s2)c(=O)[nH]c1=O. The van der Waals surface area contributed by atoms with E-state index in [1.807, 2.05) is 26.8 Å². The van der Waals surface area contributed by atoms with Crippen LogP contribution in [0.1, 0.15) is 46.8 Å². The van der Waals surface area contributed by atoms with E-state index in [9.17, 15) is 14.4 Å². The Hall–Kier alpha value is -2.35. The third kappa shape index (κ3) is 3.68. The van der Waals surface area contributed by atoms with E-state index in [0.29, 0.717) is 11.4 Å². The summed E-state index contributed by atoms with van der Waals surface area (Å²) in [6.45, 7) is 6.38. The summed E-state index contributed by atoms with van der Waals surface area (Å²) in [5, 5.41) is 0. The molecule has 0 saturated carbocycles. The van der Waals surface area contributed by atoms with Gasteiger partial charge in [-0.15, -0.1) is 11.3 Å². The molecular weight excluding hydrogens is 340 g/mol. The molecule has 0 radical (unpaired) electrons. The molecule has 2 rings (SSSR count). The maximum absolute atomic E-state index is 12.8. The lowest BCUT2D eigenvalue weighted by molar-refractivity contribution is 0.0996. The van der Waals surface area contributed by atoms with Gasteiger partial charge in [-0.3, -0.25) is 19.1 Å². The van der Waals surface area contributed by atoms with Crippen molar-refractivity contribution in [1.82, 2.24) is 9.55 Å². The van der Waals surface area contributed by atoms with Gasteiger partial charge in [0, 0.05) is 18.5 Å². The van der Waals surface area contributed by atoms with Crippen LogP contribution in [0.15, 0.2) is 15.7 Å². The van der Waals surface area contributed by atoms with Crippen LogP contribution >= 0.6 is 11.3 Å². The Balaban J connectivity index is 2.47.